The van der Waals surface area contributed by atoms with E-state index in [9.17, 15) is 10.1 Å². The van der Waals surface area contributed by atoms with Gasteiger partial charge in [0, 0.05) is 12.1 Å². The molecule has 0 radical (unpaired) electrons. The summed E-state index contributed by atoms with van der Waals surface area (Å²) in [5.74, 6) is 1.10. The van der Waals surface area contributed by atoms with E-state index in [2.05, 4.69) is 0 Å². The molecule has 0 spiro atoms. The quantitative estimate of drug-likeness (QED) is 0.325. The van der Waals surface area contributed by atoms with Gasteiger partial charge < -0.3 is 4.74 Å². The fourth-order valence-corrected chi connectivity index (χ4v) is 2.64. The van der Waals surface area contributed by atoms with Gasteiger partial charge in [0.1, 0.15) is 11.5 Å². The molecule has 7 heteroatoms. The molecule has 0 aliphatic carbocycles. The molecule has 0 atom stereocenters. The number of rotatable bonds is 5. The molecule has 0 saturated heterocycles. The lowest BCUT2D eigenvalue weighted by Gasteiger charge is -2.10. The molecular weight excluding hydrogens is 321 g/mol. The van der Waals surface area contributed by atoms with Gasteiger partial charge in [-0.25, -0.2) is 0 Å². The SMILES string of the molecule is O=[N+]([O-])c1ccc(Oc2ccccc2SC(Cl)Cl)cc1. The van der Waals surface area contributed by atoms with Crippen LogP contribution in [0.3, 0.4) is 0 Å². The lowest BCUT2D eigenvalue weighted by Crippen LogP contribution is -1.90. The summed E-state index contributed by atoms with van der Waals surface area (Å²) in [4.78, 5) is 10.9. The Hall–Kier alpha value is -1.43. The molecule has 0 aromatic heterocycles. The van der Waals surface area contributed by atoms with E-state index in [4.69, 9.17) is 27.9 Å². The van der Waals surface area contributed by atoms with Gasteiger partial charge in [0.2, 0.25) is 0 Å². The maximum Gasteiger partial charge on any atom is 0.269 e. The van der Waals surface area contributed by atoms with E-state index in [1.165, 1.54) is 23.9 Å². The summed E-state index contributed by atoms with van der Waals surface area (Å²) in [5, 5.41) is 10.6. The van der Waals surface area contributed by atoms with Crippen LogP contribution in [0.4, 0.5) is 5.69 Å². The molecule has 0 saturated carbocycles. The Morgan fingerprint density at radius 2 is 1.75 bits per heavy atom. The van der Waals surface area contributed by atoms with Gasteiger partial charge in [0.25, 0.3) is 5.69 Å². The first-order valence-electron chi connectivity index (χ1n) is 5.52. The Balaban J connectivity index is 2.19. The zero-order valence-electron chi connectivity index (χ0n) is 10.0. The maximum absolute atomic E-state index is 10.6. The van der Waals surface area contributed by atoms with Crippen LogP contribution in [0, 0.1) is 10.1 Å². The zero-order chi connectivity index (χ0) is 14.5. The number of nitro benzene ring substituents is 1. The van der Waals surface area contributed by atoms with Crippen LogP contribution in [0.25, 0.3) is 0 Å². The van der Waals surface area contributed by atoms with Crippen LogP contribution in [-0.2, 0) is 0 Å². The number of ether oxygens (including phenoxy) is 1. The van der Waals surface area contributed by atoms with Gasteiger partial charge in [-0.15, -0.1) is 0 Å². The number of nitrogens with zero attached hydrogens (tertiary/aromatic N) is 1. The lowest BCUT2D eigenvalue weighted by molar-refractivity contribution is -0.384. The lowest BCUT2D eigenvalue weighted by atomic mass is 10.3. The second-order valence-corrected chi connectivity index (χ2v) is 6.44. The van der Waals surface area contributed by atoms with Crippen LogP contribution in [0.15, 0.2) is 53.4 Å². The third-order valence-corrected chi connectivity index (χ3v) is 3.64. The number of alkyl halides is 2. The summed E-state index contributed by atoms with van der Waals surface area (Å²) in [6, 6.07) is 13.1. The smallest absolute Gasteiger partial charge is 0.269 e. The fourth-order valence-electron chi connectivity index (χ4n) is 1.49. The van der Waals surface area contributed by atoms with Gasteiger partial charge in [0.05, 0.1) is 9.82 Å². The molecule has 0 amide bonds. The molecule has 20 heavy (non-hydrogen) atoms. The Bertz CT molecular complexity index is 605. The highest BCUT2D eigenvalue weighted by atomic mass is 35.5. The molecule has 4 nitrogen and oxygen atoms in total. The minimum absolute atomic E-state index is 0.0154. The summed E-state index contributed by atoms with van der Waals surface area (Å²) >= 11 is 12.7. The van der Waals surface area contributed by atoms with Crippen molar-refractivity contribution in [2.24, 2.45) is 0 Å². The molecule has 0 fully saturated rings. The number of nitro groups is 1. The highest BCUT2D eigenvalue weighted by Gasteiger charge is 2.10. The van der Waals surface area contributed by atoms with Gasteiger partial charge in [0.15, 0.2) is 4.17 Å². The van der Waals surface area contributed by atoms with E-state index in [1.807, 2.05) is 18.2 Å². The molecule has 0 bridgehead atoms. The highest BCUT2D eigenvalue weighted by Crippen LogP contribution is 2.37. The largest absolute Gasteiger partial charge is 0.456 e. The summed E-state index contributed by atoms with van der Waals surface area (Å²) in [6.07, 6.45) is 0. The van der Waals surface area contributed by atoms with Crippen LogP contribution in [-0.4, -0.2) is 9.09 Å². The van der Waals surface area contributed by atoms with Crippen molar-refractivity contribution in [3.63, 3.8) is 0 Å². The standard InChI is InChI=1S/C13H9Cl2NO3S/c14-13(15)20-12-4-2-1-3-11(12)19-10-7-5-9(6-8-10)16(17)18/h1-8,13H. The average Bonchev–Trinajstić information content (AvgIpc) is 2.41. The van der Waals surface area contributed by atoms with Gasteiger partial charge in [-0.2, -0.15) is 0 Å². The van der Waals surface area contributed by atoms with Crippen molar-refractivity contribution >= 4 is 40.7 Å². The monoisotopic (exact) mass is 329 g/mol. The number of hydrogen-bond acceptors (Lipinski definition) is 4. The molecule has 0 aliphatic rings. The minimum atomic E-state index is -0.600. The van der Waals surface area contributed by atoms with Crippen LogP contribution in [0.1, 0.15) is 0 Å². The van der Waals surface area contributed by atoms with Crippen LogP contribution >= 0.6 is 35.0 Å². The topological polar surface area (TPSA) is 52.4 Å². The molecule has 2 rings (SSSR count). The van der Waals surface area contributed by atoms with Crippen LogP contribution in [0.5, 0.6) is 11.5 Å². The van der Waals surface area contributed by atoms with Crippen LogP contribution < -0.4 is 4.74 Å². The third kappa shape index (κ3) is 4.03. The van der Waals surface area contributed by atoms with Crippen molar-refractivity contribution in [1.82, 2.24) is 0 Å². The number of hydrogen-bond donors (Lipinski definition) is 0. The van der Waals surface area contributed by atoms with E-state index in [0.29, 0.717) is 11.5 Å². The summed E-state index contributed by atoms with van der Waals surface area (Å²) in [5.41, 5.74) is 0.0154. The second-order valence-electron chi connectivity index (χ2n) is 3.68. The highest BCUT2D eigenvalue weighted by molar-refractivity contribution is 8.02. The molecule has 0 unspecified atom stereocenters. The Morgan fingerprint density at radius 1 is 1.10 bits per heavy atom. The van der Waals surface area contributed by atoms with Gasteiger partial charge >= 0.3 is 0 Å². The Morgan fingerprint density at radius 3 is 2.35 bits per heavy atom. The normalized spacial score (nSPS) is 10.6. The van der Waals surface area contributed by atoms with E-state index in [0.717, 1.165) is 4.90 Å². The van der Waals surface area contributed by atoms with Crippen LogP contribution in [0.2, 0.25) is 0 Å². The summed E-state index contributed by atoms with van der Waals surface area (Å²) < 4.78 is 5.08. The van der Waals surface area contributed by atoms with Crippen molar-refractivity contribution in [3.05, 3.63) is 58.6 Å². The van der Waals surface area contributed by atoms with Crippen molar-refractivity contribution < 1.29 is 9.66 Å². The summed E-state index contributed by atoms with van der Waals surface area (Å²) in [6.45, 7) is 0. The van der Waals surface area contributed by atoms with E-state index in [1.54, 1.807) is 18.2 Å². The minimum Gasteiger partial charge on any atom is -0.456 e. The number of benzene rings is 2. The molecule has 0 N–H and O–H groups in total. The Labute approximate surface area is 129 Å². The fraction of sp³-hybridized carbons (Fsp3) is 0.0769. The van der Waals surface area contributed by atoms with E-state index < -0.39 is 9.09 Å². The molecule has 0 aliphatic heterocycles. The van der Waals surface area contributed by atoms with Crippen molar-refractivity contribution in [1.29, 1.82) is 0 Å². The van der Waals surface area contributed by atoms with Crippen molar-refractivity contribution in [2.75, 3.05) is 0 Å². The van der Waals surface area contributed by atoms with E-state index >= 15 is 0 Å². The first kappa shape index (κ1) is 15.0. The molecule has 2 aromatic carbocycles. The Kier molecular flexibility index (Phi) is 5.11. The number of para-hydroxylation sites is 1. The number of halogens is 2. The van der Waals surface area contributed by atoms with E-state index in [-0.39, 0.29) is 5.69 Å². The van der Waals surface area contributed by atoms with Gasteiger partial charge in [-0.1, -0.05) is 47.1 Å². The predicted molar refractivity (Wildman–Crippen MR) is 81.0 cm³/mol. The zero-order valence-corrected chi connectivity index (χ0v) is 12.4. The van der Waals surface area contributed by atoms with Crippen molar-refractivity contribution in [2.45, 2.75) is 9.06 Å². The number of thioether (sulfide) groups is 1. The first-order chi connectivity index (χ1) is 9.56. The first-order valence-corrected chi connectivity index (χ1v) is 7.27. The average molecular weight is 330 g/mol. The third-order valence-electron chi connectivity index (χ3n) is 2.34. The van der Waals surface area contributed by atoms with Crippen molar-refractivity contribution in [3.8, 4) is 11.5 Å². The molecule has 0 heterocycles. The molecular formula is C13H9Cl2NO3S. The molecule has 2 aromatic rings. The van der Waals surface area contributed by atoms with Gasteiger partial charge in [-0.05, 0) is 24.3 Å². The number of non-ortho nitro benzene ring substituents is 1. The summed E-state index contributed by atoms with van der Waals surface area (Å²) in [7, 11) is 0. The maximum atomic E-state index is 10.6. The molecule has 104 valence electrons. The van der Waals surface area contributed by atoms with Gasteiger partial charge in [-0.3, -0.25) is 10.1 Å². The second kappa shape index (κ2) is 6.83. The predicted octanol–water partition coefficient (Wildman–Crippen LogP) is 5.24.